The Morgan fingerprint density at radius 1 is 1.11 bits per heavy atom. The molecule has 1 heterocycles. The minimum atomic E-state index is -0.973. The summed E-state index contributed by atoms with van der Waals surface area (Å²) in [6.07, 6.45) is 1.63. The van der Waals surface area contributed by atoms with Gasteiger partial charge in [-0.25, -0.2) is 4.79 Å². The highest BCUT2D eigenvalue weighted by atomic mass is 79.9. The van der Waals surface area contributed by atoms with Crippen LogP contribution in [0, 0.1) is 0 Å². The number of rotatable bonds is 1. The van der Waals surface area contributed by atoms with Crippen molar-refractivity contribution in [1.29, 1.82) is 0 Å². The van der Waals surface area contributed by atoms with Gasteiger partial charge in [0.2, 0.25) is 0 Å². The highest BCUT2D eigenvalue weighted by Gasteiger charge is 2.22. The maximum absolute atomic E-state index is 11.5. The average Bonchev–Trinajstić information content (AvgIpc) is 2.56. The first kappa shape index (κ1) is 12.0. The molecule has 19 heavy (non-hydrogen) atoms. The number of hydrogen-bond acceptors (Lipinski definition) is 2. The Kier molecular flexibility index (Phi) is 2.87. The summed E-state index contributed by atoms with van der Waals surface area (Å²) in [5.74, 6) is 0.202. The lowest BCUT2D eigenvalue weighted by Crippen LogP contribution is -2.00. The Morgan fingerprint density at radius 2 is 1.89 bits per heavy atom. The molecule has 0 spiro atoms. The molecule has 94 valence electrons. The van der Waals surface area contributed by atoms with E-state index in [-0.39, 0.29) is 5.57 Å². The fourth-order valence-electron chi connectivity index (χ4n) is 2.04. The lowest BCUT2D eigenvalue weighted by molar-refractivity contribution is -0.130. The van der Waals surface area contributed by atoms with Gasteiger partial charge in [-0.1, -0.05) is 30.3 Å². The number of carbonyl (C=O) groups is 1. The van der Waals surface area contributed by atoms with E-state index >= 15 is 0 Å². The number of aliphatic carboxylic acids is 1. The van der Waals surface area contributed by atoms with E-state index in [1.54, 1.807) is 18.2 Å². The van der Waals surface area contributed by atoms with Crippen molar-refractivity contribution in [3.8, 4) is 11.5 Å². The SMILES string of the molecule is O=C(O)C1=Cc2ccccc2Oc2c(Br)cccc21. The van der Waals surface area contributed by atoms with Crippen molar-refractivity contribution < 1.29 is 14.6 Å². The van der Waals surface area contributed by atoms with Crippen LogP contribution in [-0.2, 0) is 4.79 Å². The van der Waals surface area contributed by atoms with Gasteiger partial charge in [-0.2, -0.15) is 0 Å². The van der Waals surface area contributed by atoms with Gasteiger partial charge in [-0.05, 0) is 34.1 Å². The Morgan fingerprint density at radius 3 is 2.68 bits per heavy atom. The molecule has 0 bridgehead atoms. The van der Waals surface area contributed by atoms with E-state index in [0.29, 0.717) is 17.1 Å². The molecule has 3 rings (SSSR count). The molecule has 0 saturated heterocycles. The van der Waals surface area contributed by atoms with Gasteiger partial charge < -0.3 is 9.84 Å². The van der Waals surface area contributed by atoms with Gasteiger partial charge >= 0.3 is 5.97 Å². The molecule has 2 aromatic carbocycles. The summed E-state index contributed by atoms with van der Waals surface area (Å²) >= 11 is 3.40. The zero-order valence-electron chi connectivity index (χ0n) is 9.76. The van der Waals surface area contributed by atoms with Crippen molar-refractivity contribution in [2.75, 3.05) is 0 Å². The Hall–Kier alpha value is -2.07. The van der Waals surface area contributed by atoms with Gasteiger partial charge in [0.1, 0.15) is 11.5 Å². The van der Waals surface area contributed by atoms with E-state index in [1.165, 1.54) is 0 Å². The van der Waals surface area contributed by atoms with Crippen LogP contribution < -0.4 is 4.74 Å². The summed E-state index contributed by atoms with van der Waals surface area (Å²) in [6, 6.07) is 12.7. The van der Waals surface area contributed by atoms with Crippen molar-refractivity contribution in [1.82, 2.24) is 0 Å². The lowest BCUT2D eigenvalue weighted by atomic mass is 10.0. The number of benzene rings is 2. The predicted octanol–water partition coefficient (Wildman–Crippen LogP) is 4.18. The molecule has 0 amide bonds. The minimum Gasteiger partial charge on any atom is -0.478 e. The molecular formula is C15H9BrO3. The van der Waals surface area contributed by atoms with E-state index in [4.69, 9.17) is 4.74 Å². The van der Waals surface area contributed by atoms with Gasteiger partial charge in [0.05, 0.1) is 10.0 Å². The zero-order chi connectivity index (χ0) is 13.4. The predicted molar refractivity (Wildman–Crippen MR) is 76.2 cm³/mol. The third kappa shape index (κ3) is 2.04. The van der Waals surface area contributed by atoms with Crippen molar-refractivity contribution in [2.24, 2.45) is 0 Å². The van der Waals surface area contributed by atoms with Crippen LogP contribution in [0.3, 0.4) is 0 Å². The number of hydrogen-bond donors (Lipinski definition) is 1. The van der Waals surface area contributed by atoms with E-state index in [9.17, 15) is 9.90 Å². The van der Waals surface area contributed by atoms with E-state index in [0.717, 1.165) is 10.0 Å². The molecule has 4 heteroatoms. The third-order valence-electron chi connectivity index (χ3n) is 2.92. The minimum absolute atomic E-state index is 0.223. The van der Waals surface area contributed by atoms with Crippen LogP contribution in [0.1, 0.15) is 11.1 Å². The smallest absolute Gasteiger partial charge is 0.336 e. The summed E-state index contributed by atoms with van der Waals surface area (Å²) < 4.78 is 6.58. The number of carboxylic acid groups (broad SMARTS) is 1. The van der Waals surface area contributed by atoms with Crippen LogP contribution in [0.4, 0.5) is 0 Å². The first-order valence-electron chi connectivity index (χ1n) is 5.67. The summed E-state index contributed by atoms with van der Waals surface area (Å²) in [6.45, 7) is 0. The summed E-state index contributed by atoms with van der Waals surface area (Å²) in [5, 5.41) is 9.39. The molecule has 1 aliphatic heterocycles. The maximum Gasteiger partial charge on any atom is 0.336 e. The molecule has 0 atom stereocenters. The molecule has 0 saturated carbocycles. The quantitative estimate of drug-likeness (QED) is 0.858. The molecule has 0 radical (unpaired) electrons. The highest BCUT2D eigenvalue weighted by molar-refractivity contribution is 9.10. The second kappa shape index (κ2) is 4.55. The lowest BCUT2D eigenvalue weighted by Gasteiger charge is -2.11. The van der Waals surface area contributed by atoms with Crippen LogP contribution in [0.5, 0.6) is 11.5 Å². The number of halogens is 1. The van der Waals surface area contributed by atoms with E-state index in [1.807, 2.05) is 30.3 Å². The Balaban J connectivity index is 2.33. The monoisotopic (exact) mass is 316 g/mol. The third-order valence-corrected chi connectivity index (χ3v) is 3.54. The molecular weight excluding hydrogens is 308 g/mol. The summed E-state index contributed by atoms with van der Waals surface area (Å²) in [5.41, 5.74) is 1.54. The van der Waals surface area contributed by atoms with Crippen LogP contribution >= 0.6 is 15.9 Å². The first-order chi connectivity index (χ1) is 9.16. The maximum atomic E-state index is 11.5. The molecule has 0 fully saturated rings. The fraction of sp³-hybridized carbons (Fsp3) is 0. The molecule has 1 aliphatic rings. The molecule has 0 aromatic heterocycles. The number of para-hydroxylation sites is 2. The van der Waals surface area contributed by atoms with Gasteiger partial charge in [0.25, 0.3) is 0 Å². The topological polar surface area (TPSA) is 46.5 Å². The van der Waals surface area contributed by atoms with E-state index in [2.05, 4.69) is 15.9 Å². The van der Waals surface area contributed by atoms with Crippen molar-refractivity contribution in [2.45, 2.75) is 0 Å². The van der Waals surface area contributed by atoms with Crippen molar-refractivity contribution >= 4 is 33.5 Å². The van der Waals surface area contributed by atoms with Gasteiger partial charge in [0.15, 0.2) is 0 Å². The normalized spacial score (nSPS) is 12.6. The zero-order valence-corrected chi connectivity index (χ0v) is 11.3. The molecule has 1 N–H and O–H groups in total. The van der Waals surface area contributed by atoms with Gasteiger partial charge in [-0.3, -0.25) is 0 Å². The summed E-state index contributed by atoms with van der Waals surface area (Å²) in [7, 11) is 0. The highest BCUT2D eigenvalue weighted by Crippen LogP contribution is 2.41. The number of ether oxygens (including phenoxy) is 1. The first-order valence-corrected chi connectivity index (χ1v) is 6.47. The van der Waals surface area contributed by atoms with Crippen LogP contribution in [-0.4, -0.2) is 11.1 Å². The number of fused-ring (bicyclic) bond motifs is 2. The molecule has 2 aromatic rings. The second-order valence-electron chi connectivity index (χ2n) is 4.12. The van der Waals surface area contributed by atoms with E-state index < -0.39 is 5.97 Å². The molecule has 0 unspecified atom stereocenters. The second-order valence-corrected chi connectivity index (χ2v) is 4.97. The van der Waals surface area contributed by atoms with Crippen molar-refractivity contribution in [3.63, 3.8) is 0 Å². The van der Waals surface area contributed by atoms with Gasteiger partial charge in [0, 0.05) is 11.1 Å². The molecule has 3 nitrogen and oxygen atoms in total. The van der Waals surface area contributed by atoms with Crippen molar-refractivity contribution in [3.05, 3.63) is 58.1 Å². The Bertz CT molecular complexity index is 704. The molecule has 0 aliphatic carbocycles. The van der Waals surface area contributed by atoms with Crippen LogP contribution in [0.25, 0.3) is 11.6 Å². The largest absolute Gasteiger partial charge is 0.478 e. The average molecular weight is 317 g/mol. The fourth-order valence-corrected chi connectivity index (χ4v) is 2.48. The van der Waals surface area contributed by atoms with Gasteiger partial charge in [-0.15, -0.1) is 0 Å². The number of carboxylic acids is 1. The van der Waals surface area contributed by atoms with Crippen LogP contribution in [0.2, 0.25) is 0 Å². The summed E-state index contributed by atoms with van der Waals surface area (Å²) in [4.78, 5) is 11.5. The Labute approximate surface area is 118 Å². The van der Waals surface area contributed by atoms with Crippen LogP contribution in [0.15, 0.2) is 46.9 Å². The standard InChI is InChI=1S/C15H9BrO3/c16-12-6-3-5-10-11(15(17)18)8-9-4-1-2-7-13(9)19-14(10)12/h1-8H,(H,17,18).